The summed E-state index contributed by atoms with van der Waals surface area (Å²) in [5.41, 5.74) is 4.99. The van der Waals surface area contributed by atoms with Crippen molar-refractivity contribution in [2.24, 2.45) is 5.73 Å². The van der Waals surface area contributed by atoms with Crippen molar-refractivity contribution in [1.82, 2.24) is 0 Å². The number of nitrogens with two attached hydrogens (primary N) is 1. The van der Waals surface area contributed by atoms with Gasteiger partial charge >= 0.3 is 5.97 Å². The summed E-state index contributed by atoms with van der Waals surface area (Å²) < 4.78 is 0. The van der Waals surface area contributed by atoms with E-state index in [0.29, 0.717) is 0 Å². The van der Waals surface area contributed by atoms with E-state index in [-0.39, 0.29) is 13.0 Å². The van der Waals surface area contributed by atoms with Gasteiger partial charge in [-0.2, -0.15) is 0 Å². The van der Waals surface area contributed by atoms with Gasteiger partial charge in [0.25, 0.3) is 0 Å². The molecule has 2 atom stereocenters. The van der Waals surface area contributed by atoms with Gasteiger partial charge in [0.2, 0.25) is 0 Å². The second-order valence-corrected chi connectivity index (χ2v) is 1.94. The fourth-order valence-electron chi connectivity index (χ4n) is 0.476. The summed E-state index contributed by atoms with van der Waals surface area (Å²) in [5.74, 6) is -1.26. The Labute approximate surface area is 58.1 Å². The molecule has 0 rings (SSSR count). The van der Waals surface area contributed by atoms with Crippen LogP contribution in [0.2, 0.25) is 0 Å². The molecule has 10 heavy (non-hydrogen) atoms. The van der Waals surface area contributed by atoms with Crippen LogP contribution < -0.4 is 5.73 Å². The van der Waals surface area contributed by atoms with Crippen molar-refractivity contribution in [3.8, 4) is 0 Å². The lowest BCUT2D eigenvalue weighted by Gasteiger charge is -2.12. The third-order valence-electron chi connectivity index (χ3n) is 1.12. The van der Waals surface area contributed by atoms with Crippen LogP contribution in [0.25, 0.3) is 0 Å². The number of carboxylic acids is 1. The minimum atomic E-state index is -1.30. The van der Waals surface area contributed by atoms with Crippen LogP contribution in [0.5, 0.6) is 0 Å². The maximum atomic E-state index is 10.0. The Balaban J connectivity index is 3.69. The number of carboxylic acid groups (broad SMARTS) is 1. The van der Waals surface area contributed by atoms with Crippen LogP contribution in [-0.2, 0) is 4.79 Å². The molecule has 2 unspecified atom stereocenters. The predicted octanol–water partition coefficient (Wildman–Crippen LogP) is -1.86. The zero-order valence-electron chi connectivity index (χ0n) is 5.40. The Kier molecular flexibility index (Phi) is 3.94. The Morgan fingerprint density at radius 1 is 1.60 bits per heavy atom. The molecule has 60 valence electrons. The Morgan fingerprint density at radius 3 is 2.40 bits per heavy atom. The Morgan fingerprint density at radius 2 is 2.10 bits per heavy atom. The van der Waals surface area contributed by atoms with Crippen LogP contribution in [0.15, 0.2) is 0 Å². The maximum absolute atomic E-state index is 10.0. The van der Waals surface area contributed by atoms with Crippen molar-refractivity contribution < 1.29 is 20.1 Å². The normalized spacial score (nSPS) is 16.3. The number of aliphatic carboxylic acids is 1. The summed E-state index contributed by atoms with van der Waals surface area (Å²) >= 11 is 0. The number of carbonyl (C=O) groups is 1. The number of aliphatic hydroxyl groups excluding tert-OH is 2. The number of hydrogen-bond donors (Lipinski definition) is 4. The first kappa shape index (κ1) is 9.35. The fraction of sp³-hybridized carbons (Fsp3) is 0.800. The Bertz CT molecular complexity index is 116. The molecule has 0 aromatic heterocycles. The first-order chi connectivity index (χ1) is 4.59. The van der Waals surface area contributed by atoms with E-state index in [2.05, 4.69) is 0 Å². The summed E-state index contributed by atoms with van der Waals surface area (Å²) in [6.07, 6.45) is -1.17. The molecule has 0 aromatic carbocycles. The summed E-state index contributed by atoms with van der Waals surface area (Å²) in [7, 11) is 0. The maximum Gasteiger partial charge on any atom is 0.323 e. The van der Waals surface area contributed by atoms with E-state index < -0.39 is 18.1 Å². The predicted molar refractivity (Wildman–Crippen MR) is 33.3 cm³/mol. The average molecular weight is 149 g/mol. The molecule has 5 heteroatoms. The standard InChI is InChI=1S/C5H11NO4/c6-4(5(9)10)3(8)1-2-7/h3-4,7-8H,1-2,6H2,(H,9,10). The molecule has 5 N–H and O–H groups in total. The lowest BCUT2D eigenvalue weighted by Crippen LogP contribution is -2.42. The van der Waals surface area contributed by atoms with Crippen molar-refractivity contribution in [2.75, 3.05) is 6.61 Å². The van der Waals surface area contributed by atoms with Gasteiger partial charge in [-0.1, -0.05) is 0 Å². The largest absolute Gasteiger partial charge is 0.480 e. The number of rotatable bonds is 4. The van der Waals surface area contributed by atoms with Gasteiger partial charge in [0.05, 0.1) is 6.10 Å². The van der Waals surface area contributed by atoms with Gasteiger partial charge in [-0.25, -0.2) is 0 Å². The van der Waals surface area contributed by atoms with Gasteiger partial charge in [-0.05, 0) is 6.42 Å². The molecule has 0 aliphatic heterocycles. The minimum absolute atomic E-state index is 0.00648. The van der Waals surface area contributed by atoms with Crippen molar-refractivity contribution in [3.05, 3.63) is 0 Å². The lowest BCUT2D eigenvalue weighted by molar-refractivity contribution is -0.141. The van der Waals surface area contributed by atoms with E-state index in [4.69, 9.17) is 21.1 Å². The molecule has 0 bridgehead atoms. The van der Waals surface area contributed by atoms with Gasteiger partial charge in [-0.15, -0.1) is 0 Å². The van der Waals surface area contributed by atoms with Gasteiger partial charge in [-0.3, -0.25) is 4.79 Å². The third kappa shape index (κ3) is 2.77. The fourth-order valence-corrected chi connectivity index (χ4v) is 0.476. The van der Waals surface area contributed by atoms with E-state index >= 15 is 0 Å². The molecule has 5 nitrogen and oxygen atoms in total. The Hall–Kier alpha value is -0.650. The molecule has 0 saturated heterocycles. The summed E-state index contributed by atoms with van der Waals surface area (Å²) in [6.45, 7) is -0.262. The number of hydrogen-bond acceptors (Lipinski definition) is 4. The average Bonchev–Trinajstić information content (AvgIpc) is 1.87. The molecule has 0 radical (unpaired) electrons. The van der Waals surface area contributed by atoms with E-state index in [1.807, 2.05) is 0 Å². The second kappa shape index (κ2) is 4.21. The third-order valence-corrected chi connectivity index (χ3v) is 1.12. The van der Waals surface area contributed by atoms with E-state index in [1.165, 1.54) is 0 Å². The summed E-state index contributed by atoms with van der Waals surface area (Å²) in [5, 5.41) is 25.3. The van der Waals surface area contributed by atoms with Crippen molar-refractivity contribution in [1.29, 1.82) is 0 Å². The zero-order valence-corrected chi connectivity index (χ0v) is 5.40. The molecule has 0 saturated carbocycles. The van der Waals surface area contributed by atoms with Crippen LogP contribution in [0.1, 0.15) is 6.42 Å². The first-order valence-electron chi connectivity index (χ1n) is 2.87. The molecule has 0 amide bonds. The lowest BCUT2D eigenvalue weighted by atomic mass is 10.1. The van der Waals surface area contributed by atoms with Gasteiger partial charge in [0.15, 0.2) is 0 Å². The molecule has 0 aromatic rings. The molecule has 0 spiro atoms. The summed E-state index contributed by atoms with van der Waals surface area (Å²) in [6, 6.07) is -1.30. The molecule has 0 heterocycles. The topological polar surface area (TPSA) is 104 Å². The second-order valence-electron chi connectivity index (χ2n) is 1.94. The SMILES string of the molecule is NC(C(=O)O)C(O)CCO. The van der Waals surface area contributed by atoms with Gasteiger partial charge in [0, 0.05) is 6.61 Å². The van der Waals surface area contributed by atoms with Gasteiger partial charge < -0.3 is 21.1 Å². The highest BCUT2D eigenvalue weighted by atomic mass is 16.4. The van der Waals surface area contributed by atoms with E-state index in [9.17, 15) is 4.79 Å². The highest BCUT2D eigenvalue weighted by Crippen LogP contribution is 1.94. The highest BCUT2D eigenvalue weighted by Gasteiger charge is 2.20. The smallest absolute Gasteiger partial charge is 0.323 e. The van der Waals surface area contributed by atoms with Crippen LogP contribution >= 0.6 is 0 Å². The highest BCUT2D eigenvalue weighted by molar-refractivity contribution is 5.73. The molecule has 0 aliphatic carbocycles. The van der Waals surface area contributed by atoms with Crippen LogP contribution in [0, 0.1) is 0 Å². The first-order valence-corrected chi connectivity index (χ1v) is 2.87. The molecular weight excluding hydrogens is 138 g/mol. The van der Waals surface area contributed by atoms with Crippen LogP contribution in [-0.4, -0.2) is 40.0 Å². The molecule has 0 fully saturated rings. The minimum Gasteiger partial charge on any atom is -0.480 e. The van der Waals surface area contributed by atoms with Crippen LogP contribution in [0.3, 0.4) is 0 Å². The number of aliphatic hydroxyl groups is 2. The van der Waals surface area contributed by atoms with Gasteiger partial charge in [0.1, 0.15) is 6.04 Å². The zero-order chi connectivity index (χ0) is 8.15. The van der Waals surface area contributed by atoms with E-state index in [1.54, 1.807) is 0 Å². The quantitative estimate of drug-likeness (QED) is 0.375. The molecule has 0 aliphatic rings. The monoisotopic (exact) mass is 149 g/mol. The summed E-state index contributed by atoms with van der Waals surface area (Å²) in [4.78, 5) is 10.0. The molecular formula is C5H11NO4. The van der Waals surface area contributed by atoms with E-state index in [0.717, 1.165) is 0 Å². The van der Waals surface area contributed by atoms with Crippen molar-refractivity contribution in [2.45, 2.75) is 18.6 Å². The van der Waals surface area contributed by atoms with Crippen LogP contribution in [0.4, 0.5) is 0 Å². The van der Waals surface area contributed by atoms with Crippen molar-refractivity contribution in [3.63, 3.8) is 0 Å². The van der Waals surface area contributed by atoms with Crippen molar-refractivity contribution >= 4 is 5.97 Å².